The quantitative estimate of drug-likeness (QED) is 0.512. The SMILES string of the molecule is CCCCCCCCC(CO)(CO)NC(C)=O. The highest BCUT2D eigenvalue weighted by Crippen LogP contribution is 2.16. The second-order valence-corrected chi connectivity index (χ2v) is 4.80. The fraction of sp³-hybridized carbons (Fsp3) is 0.923. The maximum Gasteiger partial charge on any atom is 0.217 e. The van der Waals surface area contributed by atoms with E-state index < -0.39 is 5.54 Å². The highest BCUT2D eigenvalue weighted by Gasteiger charge is 2.28. The van der Waals surface area contributed by atoms with E-state index in [1.54, 1.807) is 0 Å². The Bertz CT molecular complexity index is 203. The number of rotatable bonds is 10. The molecule has 0 saturated carbocycles. The average Bonchev–Trinajstić information content (AvgIpc) is 2.31. The van der Waals surface area contributed by atoms with Gasteiger partial charge in [0, 0.05) is 6.92 Å². The summed E-state index contributed by atoms with van der Waals surface area (Å²) in [5, 5.41) is 21.2. The van der Waals surface area contributed by atoms with Gasteiger partial charge >= 0.3 is 0 Å². The van der Waals surface area contributed by atoms with Crippen LogP contribution in [0.4, 0.5) is 0 Å². The summed E-state index contributed by atoms with van der Waals surface area (Å²) in [7, 11) is 0. The molecule has 4 heteroatoms. The average molecular weight is 245 g/mol. The zero-order valence-electron chi connectivity index (χ0n) is 11.2. The van der Waals surface area contributed by atoms with E-state index in [1.165, 1.54) is 32.6 Å². The Morgan fingerprint density at radius 1 is 1.06 bits per heavy atom. The lowest BCUT2D eigenvalue weighted by Crippen LogP contribution is -2.53. The van der Waals surface area contributed by atoms with Crippen molar-refractivity contribution in [3.8, 4) is 0 Å². The number of amides is 1. The summed E-state index contributed by atoms with van der Waals surface area (Å²) in [5.74, 6) is -0.209. The molecule has 3 N–H and O–H groups in total. The molecule has 0 spiro atoms. The van der Waals surface area contributed by atoms with E-state index in [9.17, 15) is 15.0 Å². The normalized spacial score (nSPS) is 11.5. The van der Waals surface area contributed by atoms with Crippen LogP contribution in [-0.4, -0.2) is 34.9 Å². The Kier molecular flexibility index (Phi) is 9.09. The Morgan fingerprint density at radius 3 is 2.06 bits per heavy atom. The number of unbranched alkanes of at least 4 members (excludes halogenated alkanes) is 5. The van der Waals surface area contributed by atoms with Gasteiger partial charge in [0.15, 0.2) is 0 Å². The summed E-state index contributed by atoms with van der Waals surface area (Å²) in [6.07, 6.45) is 7.54. The molecule has 0 aromatic rings. The molecule has 0 bridgehead atoms. The van der Waals surface area contributed by atoms with Gasteiger partial charge in [-0.3, -0.25) is 4.79 Å². The van der Waals surface area contributed by atoms with E-state index in [1.807, 2.05) is 0 Å². The number of nitrogens with one attached hydrogen (secondary N) is 1. The molecular formula is C13H27NO3. The van der Waals surface area contributed by atoms with Gasteiger partial charge < -0.3 is 15.5 Å². The third kappa shape index (κ3) is 7.34. The summed E-state index contributed by atoms with van der Waals surface area (Å²) >= 11 is 0. The van der Waals surface area contributed by atoms with E-state index in [0.717, 1.165) is 12.8 Å². The van der Waals surface area contributed by atoms with Crippen molar-refractivity contribution in [3.63, 3.8) is 0 Å². The Hall–Kier alpha value is -0.610. The maximum atomic E-state index is 11.0. The summed E-state index contributed by atoms with van der Waals surface area (Å²) in [6.45, 7) is 3.16. The van der Waals surface area contributed by atoms with Crippen LogP contribution in [0.15, 0.2) is 0 Å². The first-order chi connectivity index (χ1) is 8.10. The molecule has 0 rings (SSSR count). The molecule has 17 heavy (non-hydrogen) atoms. The number of hydrogen-bond acceptors (Lipinski definition) is 3. The predicted octanol–water partition coefficient (Wildman–Crippen LogP) is 1.60. The largest absolute Gasteiger partial charge is 0.394 e. The molecule has 0 atom stereocenters. The first-order valence-electron chi connectivity index (χ1n) is 6.60. The van der Waals surface area contributed by atoms with Crippen LogP contribution in [0.3, 0.4) is 0 Å². The summed E-state index contributed by atoms with van der Waals surface area (Å²) < 4.78 is 0. The monoisotopic (exact) mass is 245 g/mol. The van der Waals surface area contributed by atoms with E-state index in [-0.39, 0.29) is 19.1 Å². The van der Waals surface area contributed by atoms with Gasteiger partial charge in [0.1, 0.15) is 0 Å². The van der Waals surface area contributed by atoms with Crippen LogP contribution in [0.5, 0.6) is 0 Å². The van der Waals surface area contributed by atoms with Crippen LogP contribution in [0.1, 0.15) is 58.8 Å². The van der Waals surface area contributed by atoms with Crippen LogP contribution in [-0.2, 0) is 4.79 Å². The summed E-state index contributed by atoms with van der Waals surface area (Å²) in [6, 6.07) is 0. The van der Waals surface area contributed by atoms with Gasteiger partial charge in [-0.05, 0) is 6.42 Å². The van der Waals surface area contributed by atoms with Gasteiger partial charge in [0.25, 0.3) is 0 Å². The van der Waals surface area contributed by atoms with Crippen molar-refractivity contribution < 1.29 is 15.0 Å². The van der Waals surface area contributed by atoms with Crippen molar-refractivity contribution >= 4 is 5.91 Å². The van der Waals surface area contributed by atoms with Crippen LogP contribution >= 0.6 is 0 Å². The fourth-order valence-electron chi connectivity index (χ4n) is 1.97. The van der Waals surface area contributed by atoms with Gasteiger partial charge in [-0.25, -0.2) is 0 Å². The van der Waals surface area contributed by atoms with Crippen molar-refractivity contribution in [3.05, 3.63) is 0 Å². The Balaban J connectivity index is 3.88. The highest BCUT2D eigenvalue weighted by molar-refractivity contribution is 5.73. The van der Waals surface area contributed by atoms with Crippen molar-refractivity contribution in [1.29, 1.82) is 0 Å². The molecule has 4 nitrogen and oxygen atoms in total. The number of aliphatic hydroxyl groups excluding tert-OH is 2. The zero-order chi connectivity index (χ0) is 13.1. The molecule has 0 fully saturated rings. The third-order valence-electron chi connectivity index (χ3n) is 3.06. The van der Waals surface area contributed by atoms with E-state index in [4.69, 9.17) is 0 Å². The van der Waals surface area contributed by atoms with Crippen LogP contribution in [0, 0.1) is 0 Å². The van der Waals surface area contributed by atoms with Gasteiger partial charge in [-0.2, -0.15) is 0 Å². The van der Waals surface area contributed by atoms with E-state index in [0.29, 0.717) is 6.42 Å². The van der Waals surface area contributed by atoms with E-state index >= 15 is 0 Å². The molecular weight excluding hydrogens is 218 g/mol. The maximum absolute atomic E-state index is 11.0. The topological polar surface area (TPSA) is 69.6 Å². The summed E-state index contributed by atoms with van der Waals surface area (Å²) in [5.41, 5.74) is -0.837. The predicted molar refractivity (Wildman–Crippen MR) is 68.7 cm³/mol. The number of carbonyl (C=O) groups is 1. The summed E-state index contributed by atoms with van der Waals surface area (Å²) in [4.78, 5) is 11.0. The molecule has 0 aliphatic rings. The Morgan fingerprint density at radius 2 is 1.59 bits per heavy atom. The Labute approximate surface area is 104 Å². The lowest BCUT2D eigenvalue weighted by atomic mass is 9.93. The van der Waals surface area contributed by atoms with Crippen molar-refractivity contribution in [2.24, 2.45) is 0 Å². The minimum absolute atomic E-state index is 0.209. The van der Waals surface area contributed by atoms with Crippen molar-refractivity contribution in [1.82, 2.24) is 5.32 Å². The lowest BCUT2D eigenvalue weighted by molar-refractivity contribution is -0.122. The molecule has 1 amide bonds. The van der Waals surface area contributed by atoms with E-state index in [2.05, 4.69) is 12.2 Å². The second-order valence-electron chi connectivity index (χ2n) is 4.80. The van der Waals surface area contributed by atoms with Gasteiger partial charge in [-0.15, -0.1) is 0 Å². The molecule has 0 radical (unpaired) electrons. The molecule has 102 valence electrons. The minimum atomic E-state index is -0.837. The van der Waals surface area contributed by atoms with Crippen LogP contribution < -0.4 is 5.32 Å². The van der Waals surface area contributed by atoms with Crippen LogP contribution in [0.2, 0.25) is 0 Å². The van der Waals surface area contributed by atoms with Crippen molar-refractivity contribution in [2.75, 3.05) is 13.2 Å². The smallest absolute Gasteiger partial charge is 0.217 e. The first kappa shape index (κ1) is 16.4. The minimum Gasteiger partial charge on any atom is -0.394 e. The molecule has 0 aliphatic carbocycles. The molecule has 0 unspecified atom stereocenters. The third-order valence-corrected chi connectivity index (χ3v) is 3.06. The first-order valence-corrected chi connectivity index (χ1v) is 6.60. The molecule has 0 aromatic carbocycles. The molecule has 0 heterocycles. The number of aliphatic hydroxyl groups is 2. The highest BCUT2D eigenvalue weighted by atomic mass is 16.3. The van der Waals surface area contributed by atoms with Gasteiger partial charge in [0.2, 0.25) is 5.91 Å². The standard InChI is InChI=1S/C13H27NO3/c1-3-4-5-6-7-8-9-13(10-15,11-16)14-12(2)17/h15-16H,3-11H2,1-2H3,(H,14,17). The van der Waals surface area contributed by atoms with Gasteiger partial charge in [0.05, 0.1) is 18.8 Å². The molecule has 0 aromatic heterocycles. The molecule has 0 aliphatic heterocycles. The lowest BCUT2D eigenvalue weighted by Gasteiger charge is -2.30. The van der Waals surface area contributed by atoms with Crippen LogP contribution in [0.25, 0.3) is 0 Å². The molecule has 0 saturated heterocycles. The zero-order valence-corrected chi connectivity index (χ0v) is 11.2. The number of carbonyl (C=O) groups excluding carboxylic acids is 1. The second kappa shape index (κ2) is 9.42. The van der Waals surface area contributed by atoms with Gasteiger partial charge in [-0.1, -0.05) is 45.4 Å². The van der Waals surface area contributed by atoms with Crippen molar-refractivity contribution in [2.45, 2.75) is 64.3 Å². The fourth-order valence-corrected chi connectivity index (χ4v) is 1.97. The number of hydrogen-bond donors (Lipinski definition) is 3.